The molecule has 0 amide bonds. The summed E-state index contributed by atoms with van der Waals surface area (Å²) in [7, 11) is -1.24. The SMILES string of the molecule is COc1cc2c(cc1S(=O)(=O)Nc1noc3cc(Cn4cccn4)nc(OC)c13)OCCC2. The number of fused-ring (bicyclic) bond motifs is 2. The standard InChI is InChI=1S/C21H21N5O6S/c1-29-16-9-13-5-3-8-31-15(13)11-18(16)33(27,28)25-20-19-17(32-24-20)10-14(23-21(19)30-2)12-26-7-4-6-22-26/h4,6-7,9-11H,3,5,8,12H2,1-2H3,(H,24,25). The number of ether oxygens (including phenoxy) is 3. The number of hydrogen-bond donors (Lipinski definition) is 1. The molecule has 3 aromatic heterocycles. The van der Waals surface area contributed by atoms with E-state index in [0.29, 0.717) is 35.6 Å². The van der Waals surface area contributed by atoms with Gasteiger partial charge in [-0.3, -0.25) is 9.40 Å². The number of aryl methyl sites for hydroxylation is 1. The van der Waals surface area contributed by atoms with Crippen molar-refractivity contribution >= 4 is 26.8 Å². The average molecular weight is 471 g/mol. The number of hydrogen-bond acceptors (Lipinski definition) is 9. The second kappa shape index (κ2) is 8.28. The lowest BCUT2D eigenvalue weighted by molar-refractivity contribution is 0.285. The van der Waals surface area contributed by atoms with Crippen molar-refractivity contribution in [2.75, 3.05) is 25.5 Å². The molecule has 4 aromatic rings. The van der Waals surface area contributed by atoms with E-state index in [2.05, 4.69) is 20.0 Å². The Morgan fingerprint density at radius 3 is 2.85 bits per heavy atom. The molecule has 172 valence electrons. The molecule has 1 aliphatic rings. The van der Waals surface area contributed by atoms with Crippen LogP contribution in [0, 0.1) is 0 Å². The van der Waals surface area contributed by atoms with Crippen LogP contribution in [0.5, 0.6) is 17.4 Å². The Morgan fingerprint density at radius 1 is 1.21 bits per heavy atom. The molecule has 0 bridgehead atoms. The highest BCUT2D eigenvalue weighted by atomic mass is 32.2. The number of nitrogens with one attached hydrogen (secondary N) is 1. The van der Waals surface area contributed by atoms with Crippen LogP contribution in [0.2, 0.25) is 0 Å². The third kappa shape index (κ3) is 3.93. The Hall–Kier alpha value is -3.80. The third-order valence-corrected chi connectivity index (χ3v) is 6.63. The van der Waals surface area contributed by atoms with Crippen LogP contribution in [0.25, 0.3) is 11.0 Å². The van der Waals surface area contributed by atoms with Crippen LogP contribution in [0.15, 0.2) is 46.1 Å². The van der Waals surface area contributed by atoms with Crippen molar-refractivity contribution in [2.45, 2.75) is 24.3 Å². The summed E-state index contributed by atoms with van der Waals surface area (Å²) < 4.78 is 52.5. The number of aromatic nitrogens is 4. The van der Waals surface area contributed by atoms with Crippen molar-refractivity contribution in [3.63, 3.8) is 0 Å². The molecule has 0 unspecified atom stereocenters. The zero-order valence-corrected chi connectivity index (χ0v) is 18.8. The highest BCUT2D eigenvalue weighted by Gasteiger charge is 2.27. The summed E-state index contributed by atoms with van der Waals surface area (Å²) in [5.41, 5.74) is 1.84. The van der Waals surface area contributed by atoms with Crippen molar-refractivity contribution in [2.24, 2.45) is 0 Å². The molecule has 0 aliphatic carbocycles. The summed E-state index contributed by atoms with van der Waals surface area (Å²) >= 11 is 0. The zero-order valence-electron chi connectivity index (χ0n) is 17.9. The Bertz CT molecular complexity index is 1410. The van der Waals surface area contributed by atoms with Gasteiger partial charge in [0.1, 0.15) is 21.8 Å². The van der Waals surface area contributed by atoms with Gasteiger partial charge in [-0.25, -0.2) is 13.4 Å². The number of rotatable bonds is 7. The van der Waals surface area contributed by atoms with E-state index in [0.717, 1.165) is 18.4 Å². The fourth-order valence-electron chi connectivity index (χ4n) is 3.75. The molecule has 1 aliphatic heterocycles. The monoisotopic (exact) mass is 471 g/mol. The summed E-state index contributed by atoms with van der Waals surface area (Å²) in [4.78, 5) is 4.39. The normalized spacial score (nSPS) is 13.4. The summed E-state index contributed by atoms with van der Waals surface area (Å²) in [5, 5.41) is 8.38. The fraction of sp³-hybridized carbons (Fsp3) is 0.286. The Morgan fingerprint density at radius 2 is 2.09 bits per heavy atom. The lowest BCUT2D eigenvalue weighted by Gasteiger charge is -2.20. The van der Waals surface area contributed by atoms with Crippen LogP contribution >= 0.6 is 0 Å². The van der Waals surface area contributed by atoms with E-state index in [4.69, 9.17) is 18.7 Å². The quantitative estimate of drug-likeness (QED) is 0.432. The van der Waals surface area contributed by atoms with Gasteiger partial charge in [-0.1, -0.05) is 5.16 Å². The number of pyridine rings is 1. The molecular formula is C21H21N5O6S. The van der Waals surface area contributed by atoms with Gasteiger partial charge in [0, 0.05) is 24.5 Å². The van der Waals surface area contributed by atoms with Crippen LogP contribution < -0.4 is 18.9 Å². The van der Waals surface area contributed by atoms with E-state index in [9.17, 15) is 8.42 Å². The summed E-state index contributed by atoms with van der Waals surface area (Å²) in [6, 6.07) is 6.62. The lowest BCUT2D eigenvalue weighted by Crippen LogP contribution is -2.16. The summed E-state index contributed by atoms with van der Waals surface area (Å²) in [6.45, 7) is 0.914. The molecule has 5 rings (SSSR count). The maximum absolute atomic E-state index is 13.3. The van der Waals surface area contributed by atoms with E-state index < -0.39 is 10.0 Å². The molecule has 1 N–H and O–H groups in total. The minimum absolute atomic E-state index is 0.0410. The van der Waals surface area contributed by atoms with E-state index in [1.54, 1.807) is 35.3 Å². The number of sulfonamides is 1. The Labute approximate surface area is 189 Å². The molecule has 0 fully saturated rings. The van der Waals surface area contributed by atoms with Crippen LogP contribution in [0.3, 0.4) is 0 Å². The van der Waals surface area contributed by atoms with Gasteiger partial charge in [0.05, 0.1) is 33.1 Å². The zero-order chi connectivity index (χ0) is 23.0. The summed E-state index contributed by atoms with van der Waals surface area (Å²) in [6.07, 6.45) is 5.11. The highest BCUT2D eigenvalue weighted by Crippen LogP contribution is 2.37. The maximum Gasteiger partial charge on any atom is 0.266 e. The van der Waals surface area contributed by atoms with E-state index in [1.165, 1.54) is 20.3 Å². The van der Waals surface area contributed by atoms with Gasteiger partial charge in [0.15, 0.2) is 11.4 Å². The summed E-state index contributed by atoms with van der Waals surface area (Å²) in [5.74, 6) is 0.871. The van der Waals surface area contributed by atoms with Crippen molar-refractivity contribution in [3.8, 4) is 17.4 Å². The van der Waals surface area contributed by atoms with E-state index in [-0.39, 0.29) is 22.3 Å². The van der Waals surface area contributed by atoms with Crippen molar-refractivity contribution in [1.82, 2.24) is 19.9 Å². The first kappa shape index (κ1) is 21.1. The lowest BCUT2D eigenvalue weighted by atomic mass is 10.1. The molecule has 11 nitrogen and oxygen atoms in total. The largest absolute Gasteiger partial charge is 0.495 e. The minimum atomic E-state index is -4.10. The smallest absolute Gasteiger partial charge is 0.266 e. The highest BCUT2D eigenvalue weighted by molar-refractivity contribution is 7.92. The fourth-order valence-corrected chi connectivity index (χ4v) is 4.92. The first-order valence-electron chi connectivity index (χ1n) is 10.2. The Kier molecular flexibility index (Phi) is 5.29. The predicted molar refractivity (Wildman–Crippen MR) is 117 cm³/mol. The molecule has 0 saturated heterocycles. The molecule has 0 saturated carbocycles. The Balaban J connectivity index is 1.52. The minimum Gasteiger partial charge on any atom is -0.495 e. The second-order valence-electron chi connectivity index (χ2n) is 7.40. The van der Waals surface area contributed by atoms with Crippen LogP contribution in [0.1, 0.15) is 17.7 Å². The molecular weight excluding hydrogens is 450 g/mol. The number of nitrogens with zero attached hydrogens (tertiary/aromatic N) is 4. The van der Waals surface area contributed by atoms with Crippen LogP contribution in [-0.4, -0.2) is 49.2 Å². The van der Waals surface area contributed by atoms with E-state index >= 15 is 0 Å². The molecule has 0 radical (unpaired) electrons. The number of anilines is 1. The third-order valence-electron chi connectivity index (χ3n) is 5.27. The van der Waals surface area contributed by atoms with E-state index in [1.807, 2.05) is 0 Å². The molecule has 4 heterocycles. The van der Waals surface area contributed by atoms with Gasteiger partial charge in [-0.05, 0) is 30.5 Å². The van der Waals surface area contributed by atoms with Gasteiger partial charge in [0.25, 0.3) is 10.0 Å². The molecule has 12 heteroatoms. The van der Waals surface area contributed by atoms with Gasteiger partial charge in [-0.2, -0.15) is 5.10 Å². The predicted octanol–water partition coefficient (Wildman–Crippen LogP) is 2.61. The van der Waals surface area contributed by atoms with Gasteiger partial charge in [0.2, 0.25) is 5.88 Å². The number of methoxy groups -OCH3 is 2. The van der Waals surface area contributed by atoms with Crippen LogP contribution in [0.4, 0.5) is 5.82 Å². The van der Waals surface area contributed by atoms with Crippen molar-refractivity contribution in [1.29, 1.82) is 0 Å². The van der Waals surface area contributed by atoms with Crippen molar-refractivity contribution in [3.05, 3.63) is 47.9 Å². The maximum atomic E-state index is 13.3. The average Bonchev–Trinajstić information content (AvgIpc) is 3.47. The topological polar surface area (TPSA) is 131 Å². The van der Waals surface area contributed by atoms with Gasteiger partial charge < -0.3 is 18.7 Å². The second-order valence-corrected chi connectivity index (χ2v) is 9.05. The first-order chi connectivity index (χ1) is 16.0. The van der Waals surface area contributed by atoms with Crippen molar-refractivity contribution < 1.29 is 27.2 Å². The van der Waals surface area contributed by atoms with Crippen LogP contribution in [-0.2, 0) is 23.0 Å². The number of benzene rings is 1. The molecule has 0 spiro atoms. The molecule has 1 aromatic carbocycles. The van der Waals surface area contributed by atoms with Gasteiger partial charge >= 0.3 is 0 Å². The molecule has 33 heavy (non-hydrogen) atoms. The van der Waals surface area contributed by atoms with Gasteiger partial charge in [-0.15, -0.1) is 0 Å². The first-order valence-corrected chi connectivity index (χ1v) is 11.6. The molecule has 0 atom stereocenters.